The molecule has 1 aliphatic rings. The van der Waals surface area contributed by atoms with Gasteiger partial charge in [0.05, 0.1) is 12.7 Å². The molecule has 12 heavy (non-hydrogen) atoms. The second kappa shape index (κ2) is 3.05. The van der Waals surface area contributed by atoms with Crippen molar-refractivity contribution in [3.05, 3.63) is 34.3 Å². The summed E-state index contributed by atoms with van der Waals surface area (Å²) in [7, 11) is 0. The van der Waals surface area contributed by atoms with Crippen molar-refractivity contribution in [3.63, 3.8) is 0 Å². The number of halogens is 1. The van der Waals surface area contributed by atoms with Crippen molar-refractivity contribution in [1.29, 1.82) is 0 Å². The lowest BCUT2D eigenvalue weighted by Crippen LogP contribution is -2.11. The fraction of sp³-hybridized carbons (Fsp3) is 0.333. The Balaban J connectivity index is 2.48. The molecule has 1 aromatic carbocycles. The Kier molecular flexibility index (Phi) is 2.05. The Morgan fingerprint density at radius 3 is 3.17 bits per heavy atom. The predicted molar refractivity (Wildman–Crippen MR) is 48.0 cm³/mol. The zero-order chi connectivity index (χ0) is 8.55. The zero-order valence-electron chi connectivity index (χ0n) is 6.59. The van der Waals surface area contributed by atoms with E-state index in [1.807, 2.05) is 18.2 Å². The molecule has 2 N–H and O–H groups in total. The van der Waals surface area contributed by atoms with Crippen LogP contribution in [-0.2, 0) is 11.3 Å². The van der Waals surface area contributed by atoms with Gasteiger partial charge < -0.3 is 10.5 Å². The van der Waals surface area contributed by atoms with Gasteiger partial charge in [-0.2, -0.15) is 0 Å². The molecule has 1 aromatic rings. The van der Waals surface area contributed by atoms with E-state index in [-0.39, 0.29) is 6.10 Å². The molecule has 1 atom stereocenters. The van der Waals surface area contributed by atoms with Crippen LogP contribution in [0.1, 0.15) is 17.2 Å². The van der Waals surface area contributed by atoms with Crippen LogP contribution >= 0.6 is 11.6 Å². The molecule has 0 saturated heterocycles. The van der Waals surface area contributed by atoms with E-state index in [4.69, 9.17) is 22.1 Å². The van der Waals surface area contributed by atoms with E-state index in [0.29, 0.717) is 13.2 Å². The molecule has 0 aliphatic carbocycles. The van der Waals surface area contributed by atoms with Crippen molar-refractivity contribution >= 4 is 11.6 Å². The maximum absolute atomic E-state index is 6.01. The minimum absolute atomic E-state index is 0.00583. The standard InChI is InChI=1S/C9H10ClNO/c10-7-3-1-2-6-5-12-8(4-11)9(6)7/h1-3,8H,4-5,11H2. The summed E-state index contributed by atoms with van der Waals surface area (Å²) in [5.74, 6) is 0. The minimum atomic E-state index is -0.00583. The van der Waals surface area contributed by atoms with Crippen LogP contribution in [0.15, 0.2) is 18.2 Å². The molecule has 0 amide bonds. The molecule has 0 fully saturated rings. The number of hydrogen-bond donors (Lipinski definition) is 1. The summed E-state index contributed by atoms with van der Waals surface area (Å²) in [4.78, 5) is 0. The Labute approximate surface area is 76.3 Å². The van der Waals surface area contributed by atoms with E-state index < -0.39 is 0 Å². The van der Waals surface area contributed by atoms with Crippen LogP contribution in [0.25, 0.3) is 0 Å². The molecule has 2 nitrogen and oxygen atoms in total. The van der Waals surface area contributed by atoms with Gasteiger partial charge in [0.15, 0.2) is 0 Å². The van der Waals surface area contributed by atoms with Gasteiger partial charge >= 0.3 is 0 Å². The quantitative estimate of drug-likeness (QED) is 0.722. The fourth-order valence-corrected chi connectivity index (χ4v) is 1.84. The monoisotopic (exact) mass is 183 g/mol. The van der Waals surface area contributed by atoms with Gasteiger partial charge in [-0.15, -0.1) is 0 Å². The Bertz CT molecular complexity index is 301. The SMILES string of the molecule is NCC1OCc2cccc(Cl)c21. The second-order valence-electron chi connectivity index (χ2n) is 2.85. The van der Waals surface area contributed by atoms with E-state index in [1.54, 1.807) is 0 Å². The average molecular weight is 184 g/mol. The summed E-state index contributed by atoms with van der Waals surface area (Å²) in [5, 5.41) is 0.764. The number of fused-ring (bicyclic) bond motifs is 1. The Morgan fingerprint density at radius 1 is 1.58 bits per heavy atom. The van der Waals surface area contributed by atoms with Crippen molar-refractivity contribution in [2.75, 3.05) is 6.54 Å². The van der Waals surface area contributed by atoms with E-state index in [2.05, 4.69) is 0 Å². The minimum Gasteiger partial charge on any atom is -0.367 e. The summed E-state index contributed by atoms with van der Waals surface area (Å²) in [6.45, 7) is 1.13. The first-order valence-corrected chi connectivity index (χ1v) is 4.29. The first kappa shape index (κ1) is 8.05. The molecule has 0 bridgehead atoms. The number of hydrogen-bond acceptors (Lipinski definition) is 2. The van der Waals surface area contributed by atoms with E-state index in [1.165, 1.54) is 0 Å². The molecule has 1 aliphatic heterocycles. The van der Waals surface area contributed by atoms with Crippen LogP contribution in [0.2, 0.25) is 5.02 Å². The fourth-order valence-electron chi connectivity index (χ4n) is 1.53. The smallest absolute Gasteiger partial charge is 0.0969 e. The molecule has 2 rings (SSSR count). The second-order valence-corrected chi connectivity index (χ2v) is 3.26. The van der Waals surface area contributed by atoms with Gasteiger partial charge in [0.25, 0.3) is 0 Å². The molecular weight excluding hydrogens is 174 g/mol. The number of benzene rings is 1. The third kappa shape index (κ3) is 1.12. The number of rotatable bonds is 1. The first-order chi connectivity index (χ1) is 5.83. The summed E-state index contributed by atoms with van der Waals surface area (Å²) in [6.07, 6.45) is -0.00583. The van der Waals surface area contributed by atoms with Crippen LogP contribution in [-0.4, -0.2) is 6.54 Å². The molecular formula is C9H10ClNO. The van der Waals surface area contributed by atoms with Crippen molar-refractivity contribution in [3.8, 4) is 0 Å². The van der Waals surface area contributed by atoms with Gasteiger partial charge in [-0.3, -0.25) is 0 Å². The highest BCUT2D eigenvalue weighted by molar-refractivity contribution is 6.31. The molecule has 1 unspecified atom stereocenters. The van der Waals surface area contributed by atoms with E-state index in [9.17, 15) is 0 Å². The van der Waals surface area contributed by atoms with Crippen molar-refractivity contribution in [2.45, 2.75) is 12.7 Å². The summed E-state index contributed by atoms with van der Waals surface area (Å²) < 4.78 is 5.44. The Morgan fingerprint density at radius 2 is 2.42 bits per heavy atom. The van der Waals surface area contributed by atoms with Crippen LogP contribution in [0.5, 0.6) is 0 Å². The largest absolute Gasteiger partial charge is 0.367 e. The normalized spacial score (nSPS) is 21.0. The maximum Gasteiger partial charge on any atom is 0.0969 e. The van der Waals surface area contributed by atoms with Gasteiger partial charge in [0.2, 0.25) is 0 Å². The van der Waals surface area contributed by atoms with Gasteiger partial charge in [0.1, 0.15) is 0 Å². The van der Waals surface area contributed by atoms with Crippen LogP contribution in [0.4, 0.5) is 0 Å². The molecule has 64 valence electrons. The molecule has 0 aromatic heterocycles. The maximum atomic E-state index is 6.01. The van der Waals surface area contributed by atoms with Crippen LogP contribution in [0, 0.1) is 0 Å². The van der Waals surface area contributed by atoms with Crippen molar-refractivity contribution < 1.29 is 4.74 Å². The molecule has 0 spiro atoms. The summed E-state index contributed by atoms with van der Waals surface area (Å²) in [5.41, 5.74) is 7.77. The summed E-state index contributed by atoms with van der Waals surface area (Å²) in [6, 6.07) is 5.83. The third-order valence-corrected chi connectivity index (χ3v) is 2.45. The molecule has 1 heterocycles. The van der Waals surface area contributed by atoms with Gasteiger partial charge in [-0.25, -0.2) is 0 Å². The zero-order valence-corrected chi connectivity index (χ0v) is 7.34. The topological polar surface area (TPSA) is 35.2 Å². The van der Waals surface area contributed by atoms with Gasteiger partial charge in [-0.05, 0) is 11.6 Å². The van der Waals surface area contributed by atoms with Crippen LogP contribution < -0.4 is 5.73 Å². The first-order valence-electron chi connectivity index (χ1n) is 3.92. The number of nitrogens with two attached hydrogens (primary N) is 1. The third-order valence-electron chi connectivity index (χ3n) is 2.12. The van der Waals surface area contributed by atoms with Gasteiger partial charge in [0, 0.05) is 17.1 Å². The summed E-state index contributed by atoms with van der Waals surface area (Å²) >= 11 is 6.01. The number of ether oxygens (including phenoxy) is 1. The lowest BCUT2D eigenvalue weighted by Gasteiger charge is -2.08. The van der Waals surface area contributed by atoms with Crippen LogP contribution in [0.3, 0.4) is 0 Å². The van der Waals surface area contributed by atoms with Gasteiger partial charge in [-0.1, -0.05) is 23.7 Å². The van der Waals surface area contributed by atoms with Crippen molar-refractivity contribution in [1.82, 2.24) is 0 Å². The highest BCUT2D eigenvalue weighted by atomic mass is 35.5. The van der Waals surface area contributed by atoms with Crippen molar-refractivity contribution in [2.24, 2.45) is 5.73 Å². The Hall–Kier alpha value is -0.570. The predicted octanol–water partition coefficient (Wildman–Crippen LogP) is 1.87. The van der Waals surface area contributed by atoms with E-state index in [0.717, 1.165) is 16.1 Å². The molecule has 0 saturated carbocycles. The average Bonchev–Trinajstić information content (AvgIpc) is 2.49. The van der Waals surface area contributed by atoms with E-state index >= 15 is 0 Å². The molecule has 0 radical (unpaired) electrons. The highest BCUT2D eigenvalue weighted by Crippen LogP contribution is 2.34. The molecule has 3 heteroatoms. The lowest BCUT2D eigenvalue weighted by molar-refractivity contribution is 0.0724. The highest BCUT2D eigenvalue weighted by Gasteiger charge is 2.23. The lowest BCUT2D eigenvalue weighted by atomic mass is 10.1.